The van der Waals surface area contributed by atoms with Crippen LogP contribution < -0.4 is 5.32 Å². The second-order valence-corrected chi connectivity index (χ2v) is 7.77. The van der Waals surface area contributed by atoms with E-state index in [0.717, 1.165) is 30.8 Å². The predicted molar refractivity (Wildman–Crippen MR) is 106 cm³/mol. The van der Waals surface area contributed by atoms with E-state index in [1.54, 1.807) is 0 Å². The highest BCUT2D eigenvalue weighted by molar-refractivity contribution is 6.07. The van der Waals surface area contributed by atoms with Crippen molar-refractivity contribution in [1.82, 2.24) is 4.90 Å². The van der Waals surface area contributed by atoms with Crippen LogP contribution in [0.2, 0.25) is 0 Å². The molecule has 4 rings (SSSR count). The zero-order valence-corrected chi connectivity index (χ0v) is 16.3. The Hall–Kier alpha value is -2.60. The molecule has 148 valence electrons. The molecule has 0 aromatic heterocycles. The van der Waals surface area contributed by atoms with Crippen LogP contribution in [0.25, 0.3) is 0 Å². The summed E-state index contributed by atoms with van der Waals surface area (Å²) >= 11 is 0. The van der Waals surface area contributed by atoms with E-state index in [4.69, 9.17) is 9.47 Å². The molecule has 6 nitrogen and oxygen atoms in total. The minimum atomic E-state index is -0.574. The SMILES string of the molecule is C=C[C@H]1CN2CCC3(C(=O)Nc4ccccc43)[C@@H]2C[C@@H]1/C(=C\OC)C(=O)OC. The zero-order chi connectivity index (χ0) is 19.9. The Labute approximate surface area is 165 Å². The summed E-state index contributed by atoms with van der Waals surface area (Å²) in [5.41, 5.74) is 1.90. The van der Waals surface area contributed by atoms with Crippen molar-refractivity contribution in [2.45, 2.75) is 24.3 Å². The molecule has 3 aliphatic rings. The van der Waals surface area contributed by atoms with Crippen LogP contribution >= 0.6 is 0 Å². The molecule has 1 unspecified atom stereocenters. The van der Waals surface area contributed by atoms with E-state index < -0.39 is 11.4 Å². The summed E-state index contributed by atoms with van der Waals surface area (Å²) in [6.45, 7) is 5.60. The number of nitrogens with one attached hydrogen (secondary N) is 1. The van der Waals surface area contributed by atoms with Crippen LogP contribution in [0.15, 0.2) is 48.8 Å². The summed E-state index contributed by atoms with van der Waals surface area (Å²) in [5, 5.41) is 3.07. The highest BCUT2D eigenvalue weighted by Crippen LogP contribution is 2.52. The fourth-order valence-electron chi connectivity index (χ4n) is 5.38. The molecule has 3 aliphatic heterocycles. The van der Waals surface area contributed by atoms with Gasteiger partial charge >= 0.3 is 5.97 Å². The third-order valence-corrected chi connectivity index (χ3v) is 6.67. The number of piperidine rings is 1. The molecule has 2 fully saturated rings. The third-order valence-electron chi connectivity index (χ3n) is 6.67. The minimum absolute atomic E-state index is 0.0160. The van der Waals surface area contributed by atoms with E-state index in [9.17, 15) is 9.59 Å². The summed E-state index contributed by atoms with van der Waals surface area (Å²) in [5.74, 6) is -0.351. The van der Waals surface area contributed by atoms with Gasteiger partial charge in [0.1, 0.15) is 0 Å². The van der Waals surface area contributed by atoms with E-state index in [1.807, 2.05) is 24.3 Å². The zero-order valence-electron chi connectivity index (χ0n) is 16.3. The highest BCUT2D eigenvalue weighted by Gasteiger charge is 2.60. The van der Waals surface area contributed by atoms with Crippen LogP contribution in [-0.4, -0.2) is 50.1 Å². The predicted octanol–water partition coefficient (Wildman–Crippen LogP) is 2.48. The molecule has 1 spiro atoms. The second-order valence-electron chi connectivity index (χ2n) is 7.77. The first-order valence-corrected chi connectivity index (χ1v) is 9.65. The summed E-state index contributed by atoms with van der Waals surface area (Å²) in [6.07, 6.45) is 4.83. The van der Waals surface area contributed by atoms with Crippen LogP contribution in [0.4, 0.5) is 5.69 Å². The van der Waals surface area contributed by atoms with Gasteiger partial charge in [-0.3, -0.25) is 9.69 Å². The number of hydrogen-bond donors (Lipinski definition) is 1. The van der Waals surface area contributed by atoms with Gasteiger partial charge in [-0.05, 0) is 36.9 Å². The first kappa shape index (κ1) is 18.7. The average Bonchev–Trinajstić information content (AvgIpc) is 3.23. The lowest BCUT2D eigenvalue weighted by Gasteiger charge is -2.44. The number of rotatable bonds is 4. The van der Waals surface area contributed by atoms with Crippen LogP contribution in [0.3, 0.4) is 0 Å². The van der Waals surface area contributed by atoms with Gasteiger partial charge in [0.05, 0.1) is 31.5 Å². The van der Waals surface area contributed by atoms with Gasteiger partial charge in [0.15, 0.2) is 0 Å². The van der Waals surface area contributed by atoms with E-state index in [2.05, 4.69) is 22.9 Å². The lowest BCUT2D eigenvalue weighted by molar-refractivity contribution is -0.137. The van der Waals surface area contributed by atoms with Gasteiger partial charge in [-0.1, -0.05) is 24.3 Å². The molecule has 1 N–H and O–H groups in total. The Kier molecular flexibility index (Phi) is 4.75. The maximum Gasteiger partial charge on any atom is 0.337 e. The molecule has 0 saturated carbocycles. The summed E-state index contributed by atoms with van der Waals surface area (Å²) < 4.78 is 10.2. The summed E-state index contributed by atoms with van der Waals surface area (Å²) in [4.78, 5) is 28.0. The Balaban J connectivity index is 1.75. The Bertz CT molecular complexity index is 849. The van der Waals surface area contributed by atoms with Crippen molar-refractivity contribution in [2.75, 3.05) is 32.6 Å². The molecule has 4 atom stereocenters. The van der Waals surface area contributed by atoms with E-state index in [-0.39, 0.29) is 23.8 Å². The van der Waals surface area contributed by atoms with E-state index in [0.29, 0.717) is 12.0 Å². The molecule has 28 heavy (non-hydrogen) atoms. The maximum atomic E-state index is 13.2. The molecular formula is C22H26N2O4. The number of fused-ring (bicyclic) bond motifs is 4. The normalized spacial score (nSPS) is 31.9. The van der Waals surface area contributed by atoms with Crippen molar-refractivity contribution in [3.63, 3.8) is 0 Å². The number of nitrogens with zero attached hydrogens (tertiary/aromatic N) is 1. The van der Waals surface area contributed by atoms with Gasteiger partial charge in [0, 0.05) is 24.2 Å². The first-order chi connectivity index (χ1) is 13.6. The minimum Gasteiger partial charge on any atom is -0.504 e. The highest BCUT2D eigenvalue weighted by atomic mass is 16.5. The maximum absolute atomic E-state index is 13.2. The molecule has 3 heterocycles. The number of para-hydroxylation sites is 1. The quantitative estimate of drug-likeness (QED) is 0.375. The number of methoxy groups -OCH3 is 2. The molecule has 1 amide bonds. The number of hydrogen-bond acceptors (Lipinski definition) is 5. The van der Waals surface area contributed by atoms with Crippen LogP contribution in [0.5, 0.6) is 0 Å². The standard InChI is InChI=1S/C22H26N2O4/c1-4-14-12-24-10-9-22(17-7-5-6-8-18(17)23-21(22)26)19(24)11-15(14)16(13-27-2)20(25)28-3/h4-8,13-15,19H,1,9-12H2,2-3H3,(H,23,26)/b16-13+/t14-,15-,19-,22?/m0/s1. The largest absolute Gasteiger partial charge is 0.504 e. The van der Waals surface area contributed by atoms with Gasteiger partial charge in [0.25, 0.3) is 0 Å². The number of carbonyl (C=O) groups excluding carboxylic acids is 2. The summed E-state index contributed by atoms with van der Waals surface area (Å²) in [6, 6.07) is 7.96. The lowest BCUT2D eigenvalue weighted by atomic mass is 9.68. The molecule has 6 heteroatoms. The van der Waals surface area contributed by atoms with Crippen LogP contribution in [-0.2, 0) is 24.5 Å². The van der Waals surface area contributed by atoms with Gasteiger partial charge in [-0.15, -0.1) is 6.58 Å². The third kappa shape index (κ3) is 2.58. The fraction of sp³-hybridized carbons (Fsp3) is 0.455. The Morgan fingerprint density at radius 2 is 2.14 bits per heavy atom. The molecule has 1 aromatic rings. The topological polar surface area (TPSA) is 67.9 Å². The lowest BCUT2D eigenvalue weighted by Crippen LogP contribution is -2.53. The molecule has 0 bridgehead atoms. The molecule has 0 aliphatic carbocycles. The molecule has 0 radical (unpaired) electrons. The van der Waals surface area contributed by atoms with Gasteiger partial charge < -0.3 is 14.8 Å². The van der Waals surface area contributed by atoms with Crippen LogP contribution in [0, 0.1) is 11.8 Å². The molecule has 1 aromatic carbocycles. The van der Waals surface area contributed by atoms with Crippen LogP contribution in [0.1, 0.15) is 18.4 Å². The molecule has 2 saturated heterocycles. The van der Waals surface area contributed by atoms with Gasteiger partial charge in [-0.25, -0.2) is 4.79 Å². The second kappa shape index (κ2) is 7.09. The number of benzene rings is 1. The van der Waals surface area contributed by atoms with Crippen molar-refractivity contribution >= 4 is 17.6 Å². The smallest absolute Gasteiger partial charge is 0.337 e. The van der Waals surface area contributed by atoms with Gasteiger partial charge in [-0.2, -0.15) is 0 Å². The van der Waals surface area contributed by atoms with Crippen molar-refractivity contribution in [3.8, 4) is 0 Å². The van der Waals surface area contributed by atoms with E-state index in [1.165, 1.54) is 20.5 Å². The number of amides is 1. The fourth-order valence-corrected chi connectivity index (χ4v) is 5.38. The monoisotopic (exact) mass is 382 g/mol. The number of ether oxygens (including phenoxy) is 2. The first-order valence-electron chi connectivity index (χ1n) is 9.65. The van der Waals surface area contributed by atoms with Gasteiger partial charge in [0.2, 0.25) is 5.91 Å². The van der Waals surface area contributed by atoms with E-state index >= 15 is 0 Å². The van der Waals surface area contributed by atoms with Crippen molar-refractivity contribution in [3.05, 3.63) is 54.3 Å². The van der Waals surface area contributed by atoms with Crippen molar-refractivity contribution in [1.29, 1.82) is 0 Å². The van der Waals surface area contributed by atoms with Crippen molar-refractivity contribution < 1.29 is 19.1 Å². The number of carbonyl (C=O) groups is 2. The summed E-state index contributed by atoms with van der Waals surface area (Å²) in [7, 11) is 2.90. The Morgan fingerprint density at radius 3 is 2.86 bits per heavy atom. The van der Waals surface area contributed by atoms with Crippen molar-refractivity contribution in [2.24, 2.45) is 11.8 Å². The number of anilines is 1. The average molecular weight is 382 g/mol. The number of esters is 1. The Morgan fingerprint density at radius 1 is 1.36 bits per heavy atom. The molecular weight excluding hydrogens is 356 g/mol.